The lowest BCUT2D eigenvalue weighted by molar-refractivity contribution is 0.313. The van der Waals surface area contributed by atoms with Crippen LogP contribution in [0.15, 0.2) is 46.9 Å². The predicted octanol–water partition coefficient (Wildman–Crippen LogP) is 5.84. The number of hydrogen-bond acceptors (Lipinski definition) is 4. The molecule has 2 aromatic heterocycles. The van der Waals surface area contributed by atoms with Crippen molar-refractivity contribution in [1.82, 2.24) is 19.0 Å². The molecule has 1 atom stereocenters. The van der Waals surface area contributed by atoms with Crippen LogP contribution in [-0.2, 0) is 6.42 Å². The Kier molecular flexibility index (Phi) is 5.58. The molecule has 4 heterocycles. The normalized spacial score (nSPS) is 18.3. The number of benzene rings is 2. The molecule has 2 N–H and O–H groups in total. The molecule has 0 saturated carbocycles. The molecular formula is C27H30BrN5OS. The van der Waals surface area contributed by atoms with Crippen molar-refractivity contribution in [3.63, 3.8) is 0 Å². The second-order valence-electron chi connectivity index (χ2n) is 10.1. The maximum absolute atomic E-state index is 11.3. The van der Waals surface area contributed by atoms with E-state index in [4.69, 9.17) is 12.2 Å². The van der Waals surface area contributed by atoms with Gasteiger partial charge in [0.25, 0.3) is 0 Å². The van der Waals surface area contributed by atoms with E-state index in [1.807, 2.05) is 4.57 Å². The maximum Gasteiger partial charge on any atom is 0.214 e. The molecule has 1 saturated heterocycles. The van der Waals surface area contributed by atoms with E-state index < -0.39 is 0 Å². The summed E-state index contributed by atoms with van der Waals surface area (Å²) in [6, 6.07) is 15.2. The summed E-state index contributed by atoms with van der Waals surface area (Å²) in [7, 11) is 2.18. The highest BCUT2D eigenvalue weighted by Crippen LogP contribution is 2.44. The molecule has 0 bridgehead atoms. The van der Waals surface area contributed by atoms with Crippen LogP contribution in [0.5, 0.6) is 5.88 Å². The van der Waals surface area contributed by atoms with Gasteiger partial charge >= 0.3 is 0 Å². The van der Waals surface area contributed by atoms with Crippen molar-refractivity contribution in [1.29, 1.82) is 0 Å². The molecule has 8 heteroatoms. The number of rotatable bonds is 3. The van der Waals surface area contributed by atoms with Crippen LogP contribution in [0, 0.1) is 4.77 Å². The van der Waals surface area contributed by atoms with Gasteiger partial charge in [-0.25, -0.2) is 0 Å². The van der Waals surface area contributed by atoms with E-state index in [-0.39, 0.29) is 18.0 Å². The van der Waals surface area contributed by atoms with Crippen LogP contribution in [0.4, 0.5) is 5.69 Å². The number of nitrogens with zero attached hydrogens (tertiary/aromatic N) is 4. The predicted molar refractivity (Wildman–Crippen MR) is 148 cm³/mol. The molecule has 0 spiro atoms. The van der Waals surface area contributed by atoms with Gasteiger partial charge in [-0.3, -0.25) is 4.57 Å². The van der Waals surface area contributed by atoms with Gasteiger partial charge in [0, 0.05) is 65.4 Å². The van der Waals surface area contributed by atoms with Crippen LogP contribution in [0.1, 0.15) is 48.4 Å². The largest absolute Gasteiger partial charge is 0.493 e. The number of imidazole rings is 1. The Morgan fingerprint density at radius 3 is 2.46 bits per heavy atom. The number of hydrogen-bond donors (Lipinski definition) is 2. The number of anilines is 1. The summed E-state index contributed by atoms with van der Waals surface area (Å²) in [5.74, 6) is 0.277. The molecule has 0 radical (unpaired) electrons. The van der Waals surface area contributed by atoms with Crippen LogP contribution in [0.3, 0.4) is 0 Å². The van der Waals surface area contributed by atoms with E-state index in [1.165, 1.54) is 16.6 Å². The van der Waals surface area contributed by atoms with Crippen molar-refractivity contribution >= 4 is 44.7 Å². The van der Waals surface area contributed by atoms with E-state index in [1.54, 1.807) is 0 Å². The third-order valence-corrected chi connectivity index (χ3v) is 8.45. The fraction of sp³-hybridized carbons (Fsp3) is 0.370. The minimum Gasteiger partial charge on any atom is -0.493 e. The third-order valence-electron chi connectivity index (χ3n) is 7.56. The van der Waals surface area contributed by atoms with E-state index in [2.05, 4.69) is 98.6 Å². The van der Waals surface area contributed by atoms with Crippen LogP contribution in [-0.4, -0.2) is 57.4 Å². The van der Waals surface area contributed by atoms with Gasteiger partial charge in [-0.2, -0.15) is 0 Å². The number of halogens is 1. The quantitative estimate of drug-likeness (QED) is 0.276. The summed E-state index contributed by atoms with van der Waals surface area (Å²) in [5.41, 5.74) is 6.77. The molecule has 2 aromatic carbocycles. The Balaban J connectivity index is 1.51. The first kappa shape index (κ1) is 22.9. The van der Waals surface area contributed by atoms with E-state index >= 15 is 0 Å². The minimum atomic E-state index is -0.125. The highest BCUT2D eigenvalue weighted by atomic mass is 79.9. The maximum atomic E-state index is 11.3. The minimum absolute atomic E-state index is 0.0742. The van der Waals surface area contributed by atoms with E-state index in [0.717, 1.165) is 53.1 Å². The number of aromatic nitrogens is 3. The van der Waals surface area contributed by atoms with Gasteiger partial charge in [0.15, 0.2) is 4.77 Å². The number of nitrogens with one attached hydrogen (secondary N) is 1. The Morgan fingerprint density at radius 1 is 1.06 bits per heavy atom. The Bertz CT molecular complexity index is 1470. The first-order valence-electron chi connectivity index (χ1n) is 12.2. The van der Waals surface area contributed by atoms with E-state index in [0.29, 0.717) is 11.2 Å². The molecule has 0 aliphatic carbocycles. The fourth-order valence-electron chi connectivity index (χ4n) is 5.67. The van der Waals surface area contributed by atoms with Gasteiger partial charge < -0.3 is 24.5 Å². The Labute approximate surface area is 218 Å². The van der Waals surface area contributed by atoms with Gasteiger partial charge in [-0.05, 0) is 74.6 Å². The van der Waals surface area contributed by atoms with Crippen LogP contribution >= 0.6 is 28.1 Å². The second-order valence-corrected chi connectivity index (χ2v) is 11.3. The summed E-state index contributed by atoms with van der Waals surface area (Å²) in [6.07, 6.45) is 0.636. The Hall–Kier alpha value is -2.55. The zero-order valence-corrected chi connectivity index (χ0v) is 22.7. The monoisotopic (exact) mass is 551 g/mol. The van der Waals surface area contributed by atoms with Crippen LogP contribution in [0.2, 0.25) is 0 Å². The first-order valence-corrected chi connectivity index (χ1v) is 13.4. The number of likely N-dealkylation sites (N-methyl/N-ethyl adjacent to an activating group) is 1. The Morgan fingerprint density at radius 2 is 1.77 bits per heavy atom. The number of piperazine rings is 1. The summed E-state index contributed by atoms with van der Waals surface area (Å²) < 4.78 is 5.74. The molecule has 182 valence electrons. The van der Waals surface area contributed by atoms with Crippen molar-refractivity contribution in [2.24, 2.45) is 0 Å². The lowest BCUT2D eigenvalue weighted by Crippen LogP contribution is -2.44. The second kappa shape index (κ2) is 8.54. The molecule has 2 aliphatic heterocycles. The lowest BCUT2D eigenvalue weighted by Gasteiger charge is -2.34. The number of H-pyrrole nitrogens is 1. The molecule has 1 unspecified atom stereocenters. The van der Waals surface area contributed by atoms with Gasteiger partial charge in [0.2, 0.25) is 5.88 Å². The fourth-order valence-corrected chi connectivity index (χ4v) is 6.55. The van der Waals surface area contributed by atoms with Crippen LogP contribution in [0.25, 0.3) is 10.9 Å². The highest BCUT2D eigenvalue weighted by Gasteiger charge is 2.34. The summed E-state index contributed by atoms with van der Waals surface area (Å²) in [4.78, 5) is 8.53. The molecule has 6 nitrogen and oxygen atoms in total. The standard InChI is InChI=1S/C27H30BrN5OS/c1-16(2)32-26(34)23-15-21-20-14-18(28)6-9-22(20)29-24(21)25(33(23)27(32)35)17-4-7-19(8-5-17)31-12-10-30(3)11-13-31/h4-9,14,16,25,29,34H,10-13,15H2,1-3H3. The molecular weight excluding hydrogens is 522 g/mol. The van der Waals surface area contributed by atoms with E-state index in [9.17, 15) is 5.11 Å². The van der Waals surface area contributed by atoms with Crippen molar-refractivity contribution in [2.75, 3.05) is 38.1 Å². The smallest absolute Gasteiger partial charge is 0.214 e. The van der Waals surface area contributed by atoms with Gasteiger partial charge in [0.05, 0.1) is 5.69 Å². The summed E-state index contributed by atoms with van der Waals surface area (Å²) in [5, 5.41) is 12.4. The van der Waals surface area contributed by atoms with Crippen molar-refractivity contribution in [3.8, 4) is 5.88 Å². The van der Waals surface area contributed by atoms with Crippen LogP contribution < -0.4 is 4.90 Å². The summed E-state index contributed by atoms with van der Waals surface area (Å²) in [6.45, 7) is 8.37. The van der Waals surface area contributed by atoms with Crippen molar-refractivity contribution in [2.45, 2.75) is 32.4 Å². The number of aromatic hydroxyl groups is 1. The highest BCUT2D eigenvalue weighted by molar-refractivity contribution is 9.10. The van der Waals surface area contributed by atoms with Gasteiger partial charge in [0.1, 0.15) is 6.04 Å². The zero-order chi connectivity index (χ0) is 24.4. The van der Waals surface area contributed by atoms with Crippen molar-refractivity contribution in [3.05, 3.63) is 74.2 Å². The first-order chi connectivity index (χ1) is 16.8. The topological polar surface area (TPSA) is 52.4 Å². The molecule has 2 aliphatic rings. The number of aromatic amines is 1. The van der Waals surface area contributed by atoms with Crippen molar-refractivity contribution < 1.29 is 5.11 Å². The van der Waals surface area contributed by atoms with Gasteiger partial charge in [-0.15, -0.1) is 0 Å². The molecule has 6 rings (SSSR count). The molecule has 35 heavy (non-hydrogen) atoms. The summed E-state index contributed by atoms with van der Waals surface area (Å²) >= 11 is 9.59. The molecule has 1 fully saturated rings. The molecule has 4 aromatic rings. The molecule has 0 amide bonds. The van der Waals surface area contributed by atoms with Gasteiger partial charge in [-0.1, -0.05) is 28.1 Å². The average molecular weight is 553 g/mol. The lowest BCUT2D eigenvalue weighted by atomic mass is 9.93. The zero-order valence-electron chi connectivity index (χ0n) is 20.3. The number of fused-ring (bicyclic) bond motifs is 4. The average Bonchev–Trinajstić information content (AvgIpc) is 3.32. The SMILES string of the molecule is CC(C)n1c(O)c2n(c1=S)C(c1ccc(N3CCN(C)CC3)cc1)c1[nH]c3ccc(Br)cc3c1C2. The third kappa shape index (κ3) is 3.65.